The Morgan fingerprint density at radius 2 is 1.66 bits per heavy atom. The van der Waals surface area contributed by atoms with Crippen LogP contribution >= 0.6 is 35.2 Å². The van der Waals surface area contributed by atoms with Crippen molar-refractivity contribution in [1.82, 2.24) is 30.2 Å². The number of imidazole rings is 1. The summed E-state index contributed by atoms with van der Waals surface area (Å²) in [7, 11) is -16.5. The summed E-state index contributed by atoms with van der Waals surface area (Å²) in [6, 6.07) is 0. The zero-order chi connectivity index (χ0) is 44.2. The molecule has 0 bridgehead atoms. The second kappa shape index (κ2) is 21.7. The van der Waals surface area contributed by atoms with Crippen LogP contribution in [0.3, 0.4) is 0 Å². The van der Waals surface area contributed by atoms with Crippen LogP contribution in [-0.4, -0.2) is 134 Å². The molecule has 0 aliphatic carbocycles. The number of aliphatic hydroxyl groups is 2. The van der Waals surface area contributed by atoms with E-state index in [-0.39, 0.29) is 47.4 Å². The fraction of sp³-hybridized carbons (Fsp3) is 0.483. The Morgan fingerprint density at radius 1 is 1.00 bits per heavy atom. The molecule has 0 spiro atoms. The number of phosphoric acid groups is 3. The lowest BCUT2D eigenvalue weighted by molar-refractivity contribution is -0.137. The number of phosphoric ester groups is 3. The number of carboxylic acids is 1. The molecule has 3 rings (SSSR count). The highest BCUT2D eigenvalue weighted by molar-refractivity contribution is 8.14. The molecule has 26 nitrogen and oxygen atoms in total. The number of nitrogen functional groups attached to an aromatic ring is 1. The molecule has 2 amide bonds. The van der Waals surface area contributed by atoms with E-state index in [0.717, 1.165) is 35.1 Å². The van der Waals surface area contributed by atoms with Gasteiger partial charge in [-0.15, -0.1) is 0 Å². The highest BCUT2D eigenvalue weighted by Crippen LogP contribution is 2.61. The summed E-state index contributed by atoms with van der Waals surface area (Å²) in [6.07, 6.45) is 0.649. The van der Waals surface area contributed by atoms with Crippen molar-refractivity contribution in [3.63, 3.8) is 0 Å². The molecule has 2 aromatic heterocycles. The van der Waals surface area contributed by atoms with Crippen LogP contribution in [0.2, 0.25) is 0 Å². The van der Waals surface area contributed by atoms with E-state index in [4.69, 9.17) is 24.6 Å². The van der Waals surface area contributed by atoms with Crippen molar-refractivity contribution in [3.8, 4) is 0 Å². The molecule has 59 heavy (non-hydrogen) atoms. The number of nitrogens with one attached hydrogen (secondary N) is 2. The molecule has 1 aliphatic rings. The molecule has 2 aromatic rings. The van der Waals surface area contributed by atoms with Gasteiger partial charge in [0, 0.05) is 36.8 Å². The first-order valence-electron chi connectivity index (χ1n) is 16.7. The number of anilines is 1. The molecule has 30 heteroatoms. The molecular formula is C29H42N7O19P3S. The van der Waals surface area contributed by atoms with Crippen molar-refractivity contribution in [1.29, 1.82) is 0 Å². The topological polar surface area (TPSA) is 401 Å². The molecule has 328 valence electrons. The molecule has 0 radical (unpaired) electrons. The van der Waals surface area contributed by atoms with Crippen molar-refractivity contribution < 1.29 is 90.4 Å². The summed E-state index contributed by atoms with van der Waals surface area (Å²) in [5, 5.41) is 34.4. The maximum atomic E-state index is 12.7. The number of fused-ring (bicyclic) bond motifs is 1. The fourth-order valence-corrected chi connectivity index (χ4v) is 8.14. The number of carbonyl (C=O) groups excluding carboxylic acids is 3. The number of hydrogen-bond donors (Lipinski definition) is 10. The van der Waals surface area contributed by atoms with Gasteiger partial charge in [0.15, 0.2) is 17.7 Å². The van der Waals surface area contributed by atoms with Crippen LogP contribution < -0.4 is 16.4 Å². The van der Waals surface area contributed by atoms with E-state index in [0.29, 0.717) is 0 Å². The number of carbonyl (C=O) groups is 4. The van der Waals surface area contributed by atoms with Gasteiger partial charge in [0.1, 0.15) is 36.3 Å². The first-order chi connectivity index (χ1) is 27.4. The van der Waals surface area contributed by atoms with E-state index in [2.05, 4.69) is 34.4 Å². The second-order valence-corrected chi connectivity index (χ2v) is 18.0. The quantitative estimate of drug-likeness (QED) is 0.0288. The number of hydrogen-bond acceptors (Lipinski definition) is 19. The van der Waals surface area contributed by atoms with Crippen LogP contribution in [0.15, 0.2) is 49.1 Å². The van der Waals surface area contributed by atoms with Gasteiger partial charge in [-0.1, -0.05) is 49.9 Å². The zero-order valence-corrected chi connectivity index (χ0v) is 34.4. The first-order valence-corrected chi connectivity index (χ1v) is 22.2. The lowest BCUT2D eigenvalue weighted by Crippen LogP contribution is -2.46. The largest absolute Gasteiger partial charge is 0.481 e. The zero-order valence-electron chi connectivity index (χ0n) is 30.9. The molecule has 1 aliphatic heterocycles. The van der Waals surface area contributed by atoms with Crippen LogP contribution in [0.4, 0.5) is 5.82 Å². The summed E-state index contributed by atoms with van der Waals surface area (Å²) in [4.78, 5) is 97.8. The van der Waals surface area contributed by atoms with E-state index >= 15 is 0 Å². The number of ether oxygens (including phenoxy) is 1. The Kier molecular flexibility index (Phi) is 18.2. The molecule has 0 saturated carbocycles. The molecule has 1 fully saturated rings. The van der Waals surface area contributed by atoms with Crippen LogP contribution in [0.5, 0.6) is 0 Å². The van der Waals surface area contributed by atoms with Crippen molar-refractivity contribution in [2.75, 3.05) is 37.8 Å². The Labute approximate surface area is 338 Å². The van der Waals surface area contributed by atoms with Gasteiger partial charge in [0.05, 0.1) is 19.5 Å². The SMILES string of the molecule is CC(C)(COP(=O)(O)OP(=O)(O)OC[C@H]1O[C@@H](n2cnc3c(N)ncnc32)[C@H](O)[C@@H]1OP(=O)(O)O)[C@@H](O)C(=O)NCCC(=O)NCCSC(=O)\C=C/C=C/C=C/C(=O)O. The van der Waals surface area contributed by atoms with E-state index in [1.165, 1.54) is 44.2 Å². The minimum atomic E-state index is -5.59. The van der Waals surface area contributed by atoms with Crippen LogP contribution in [0.1, 0.15) is 26.5 Å². The lowest BCUT2D eigenvalue weighted by atomic mass is 9.87. The number of nitrogens with two attached hydrogens (primary N) is 1. The molecular weight excluding hydrogens is 875 g/mol. The second-order valence-electron chi connectivity index (χ2n) is 12.7. The molecule has 2 unspecified atom stereocenters. The van der Waals surface area contributed by atoms with Crippen molar-refractivity contribution >= 4 is 75.1 Å². The van der Waals surface area contributed by atoms with Crippen LogP contribution in [0.25, 0.3) is 11.2 Å². The number of aliphatic carboxylic acids is 1. The Bertz CT molecular complexity index is 2060. The lowest BCUT2D eigenvalue weighted by Gasteiger charge is -2.30. The number of thioether (sulfide) groups is 1. The Balaban J connectivity index is 1.45. The van der Waals surface area contributed by atoms with Crippen molar-refractivity contribution in [2.45, 2.75) is 50.9 Å². The predicted octanol–water partition coefficient (Wildman–Crippen LogP) is -0.582. The monoisotopic (exact) mass is 917 g/mol. The van der Waals surface area contributed by atoms with E-state index in [1.54, 1.807) is 0 Å². The maximum Gasteiger partial charge on any atom is 0.481 e. The average molecular weight is 918 g/mol. The average Bonchev–Trinajstić information content (AvgIpc) is 3.69. The van der Waals surface area contributed by atoms with E-state index < -0.39 is 90.5 Å². The smallest absolute Gasteiger partial charge is 0.478 e. The summed E-state index contributed by atoms with van der Waals surface area (Å²) in [5.74, 6) is -2.46. The Hall–Kier alpha value is -3.75. The van der Waals surface area contributed by atoms with Gasteiger partial charge in [-0.25, -0.2) is 33.4 Å². The van der Waals surface area contributed by atoms with E-state index in [9.17, 15) is 62.7 Å². The highest BCUT2D eigenvalue weighted by Gasteiger charge is 2.50. The summed E-state index contributed by atoms with van der Waals surface area (Å²) in [5.41, 5.74) is 4.20. The third-order valence-electron chi connectivity index (χ3n) is 7.55. The van der Waals surface area contributed by atoms with Gasteiger partial charge in [-0.05, 0) is 6.08 Å². The maximum absolute atomic E-state index is 12.7. The minimum Gasteiger partial charge on any atom is -0.478 e. The molecule has 0 aromatic carbocycles. The summed E-state index contributed by atoms with van der Waals surface area (Å²) < 4.78 is 62.0. The van der Waals surface area contributed by atoms with E-state index in [1.807, 2.05) is 0 Å². The number of aliphatic hydroxyl groups excluding tert-OH is 2. The third-order valence-corrected chi connectivity index (χ3v) is 11.5. The predicted molar refractivity (Wildman–Crippen MR) is 202 cm³/mol. The molecule has 7 atom stereocenters. The molecule has 3 heterocycles. The van der Waals surface area contributed by atoms with Crippen LogP contribution in [0, 0.1) is 5.41 Å². The van der Waals surface area contributed by atoms with Gasteiger partial charge in [-0.2, -0.15) is 4.31 Å². The van der Waals surface area contributed by atoms with Gasteiger partial charge >= 0.3 is 29.4 Å². The number of nitrogens with zero attached hydrogens (tertiary/aromatic N) is 4. The molecule has 1 saturated heterocycles. The van der Waals surface area contributed by atoms with Gasteiger partial charge in [0.25, 0.3) is 0 Å². The van der Waals surface area contributed by atoms with Gasteiger partial charge < -0.3 is 56.0 Å². The standard InChI is InChI=1S/C29H42N7O19P3S/c1-29(2,24(42)27(43)32-10-9-18(37)31-11-12-59-20(40)8-6-4-3-5-7-19(38)39)14-52-58(49,50)55-57(47,48)51-13-17-23(54-56(44,45)46)22(41)28(53-17)36-16-35-21-25(30)33-15-34-26(21)36/h3-8,15-17,22-24,28,41-42H,9-14H2,1-2H3,(H,31,37)(H,32,43)(H,38,39)(H,47,48)(H,49,50)(H2,30,33,34)(H2,44,45,46)/b4-3+,7-5+,8-6-/t17-,22-,23-,24+,28-/m1/s1. The Morgan fingerprint density at radius 3 is 2.32 bits per heavy atom. The van der Waals surface area contributed by atoms with Gasteiger partial charge in [-0.3, -0.25) is 32.5 Å². The number of rotatable bonds is 23. The summed E-state index contributed by atoms with van der Waals surface area (Å²) in [6.45, 7) is 0.256. The van der Waals surface area contributed by atoms with Crippen LogP contribution in [-0.2, 0) is 55.5 Å². The van der Waals surface area contributed by atoms with Crippen molar-refractivity contribution in [2.24, 2.45) is 5.41 Å². The normalized spacial score (nSPS) is 21.5. The van der Waals surface area contributed by atoms with Gasteiger partial charge in [0.2, 0.25) is 16.9 Å². The number of aromatic nitrogens is 4. The number of allylic oxidation sites excluding steroid dienone is 4. The third kappa shape index (κ3) is 16.3. The molecule has 11 N–H and O–H groups in total. The summed E-state index contributed by atoms with van der Waals surface area (Å²) >= 11 is 0.906. The first kappa shape index (κ1) is 49.6. The number of carboxylic acid groups (broad SMARTS) is 1. The fourth-order valence-electron chi connectivity index (χ4n) is 4.73. The minimum absolute atomic E-state index is 0.0194. The highest BCUT2D eigenvalue weighted by atomic mass is 32.2. The number of amides is 2. The van der Waals surface area contributed by atoms with Crippen molar-refractivity contribution in [3.05, 3.63) is 49.1 Å².